The van der Waals surface area contributed by atoms with Crippen molar-refractivity contribution in [1.82, 2.24) is 10.2 Å². The van der Waals surface area contributed by atoms with Crippen LogP contribution in [0.2, 0.25) is 0 Å². The molecule has 0 aromatic heterocycles. The standard InChI is InChI=1S/C18H24N2O3S/c1-4-7-12(2)19-16(21)15(10-11-24-3)20-17(22)13-8-5-6-9-14(13)18(20)23/h5-6,8-9,12,15H,4,7,10-11H2,1-3H3,(H,19,21)/t12-,15+/m0/s1. The van der Waals surface area contributed by atoms with Crippen LogP contribution in [0.25, 0.3) is 0 Å². The van der Waals surface area contributed by atoms with Crippen molar-refractivity contribution >= 4 is 29.5 Å². The Bertz CT molecular complexity index is 597. The molecule has 1 heterocycles. The molecule has 0 aliphatic carbocycles. The third kappa shape index (κ3) is 3.80. The Morgan fingerprint density at radius 3 is 2.25 bits per heavy atom. The number of hydrogen-bond acceptors (Lipinski definition) is 4. The van der Waals surface area contributed by atoms with Crippen molar-refractivity contribution in [2.75, 3.05) is 12.0 Å². The summed E-state index contributed by atoms with van der Waals surface area (Å²) in [7, 11) is 0. The van der Waals surface area contributed by atoms with Gasteiger partial charge in [-0.3, -0.25) is 19.3 Å². The Hall–Kier alpha value is -1.82. The van der Waals surface area contributed by atoms with Crippen LogP contribution >= 0.6 is 11.8 Å². The fraction of sp³-hybridized carbons (Fsp3) is 0.500. The van der Waals surface area contributed by atoms with E-state index in [1.807, 2.05) is 13.2 Å². The van der Waals surface area contributed by atoms with Crippen LogP contribution in [0.15, 0.2) is 24.3 Å². The Morgan fingerprint density at radius 2 is 1.75 bits per heavy atom. The number of carbonyl (C=O) groups excluding carboxylic acids is 3. The Kier molecular flexibility index (Phi) is 6.43. The van der Waals surface area contributed by atoms with E-state index in [1.165, 1.54) is 0 Å². The minimum Gasteiger partial charge on any atom is -0.352 e. The number of nitrogens with one attached hydrogen (secondary N) is 1. The highest BCUT2D eigenvalue weighted by molar-refractivity contribution is 7.98. The van der Waals surface area contributed by atoms with Crippen LogP contribution in [-0.4, -0.2) is 46.7 Å². The second kappa shape index (κ2) is 8.33. The number of carbonyl (C=O) groups is 3. The fourth-order valence-electron chi connectivity index (χ4n) is 2.94. The second-order valence-corrected chi connectivity index (χ2v) is 7.01. The van der Waals surface area contributed by atoms with Gasteiger partial charge in [-0.15, -0.1) is 0 Å². The van der Waals surface area contributed by atoms with Gasteiger partial charge in [0.25, 0.3) is 11.8 Å². The molecule has 0 saturated heterocycles. The van der Waals surface area contributed by atoms with Gasteiger partial charge < -0.3 is 5.32 Å². The summed E-state index contributed by atoms with van der Waals surface area (Å²) in [5.41, 5.74) is 0.761. The molecule has 0 radical (unpaired) electrons. The molecule has 2 rings (SSSR count). The first-order valence-corrected chi connectivity index (χ1v) is 9.66. The van der Waals surface area contributed by atoms with Crippen LogP contribution in [0.5, 0.6) is 0 Å². The van der Waals surface area contributed by atoms with E-state index in [-0.39, 0.29) is 23.8 Å². The largest absolute Gasteiger partial charge is 0.352 e. The summed E-state index contributed by atoms with van der Waals surface area (Å²) in [5.74, 6) is -0.298. The van der Waals surface area contributed by atoms with Crippen LogP contribution in [0.3, 0.4) is 0 Å². The van der Waals surface area contributed by atoms with Crippen molar-refractivity contribution in [2.45, 2.75) is 45.2 Å². The Balaban J connectivity index is 2.24. The topological polar surface area (TPSA) is 66.5 Å². The quantitative estimate of drug-likeness (QED) is 0.734. The monoisotopic (exact) mass is 348 g/mol. The minimum atomic E-state index is -0.760. The van der Waals surface area contributed by atoms with Crippen molar-refractivity contribution in [1.29, 1.82) is 0 Å². The molecule has 1 aliphatic heterocycles. The molecular formula is C18H24N2O3S. The molecule has 130 valence electrons. The molecule has 0 bridgehead atoms. The number of fused-ring (bicyclic) bond motifs is 1. The first-order valence-electron chi connectivity index (χ1n) is 8.27. The highest BCUT2D eigenvalue weighted by Gasteiger charge is 2.42. The third-order valence-corrected chi connectivity index (χ3v) is 4.79. The van der Waals surface area contributed by atoms with Crippen molar-refractivity contribution < 1.29 is 14.4 Å². The maximum absolute atomic E-state index is 12.7. The van der Waals surface area contributed by atoms with E-state index in [0.29, 0.717) is 23.3 Å². The second-order valence-electron chi connectivity index (χ2n) is 6.02. The van der Waals surface area contributed by atoms with Gasteiger partial charge in [0, 0.05) is 6.04 Å². The average molecular weight is 348 g/mol. The maximum atomic E-state index is 12.7. The van der Waals surface area contributed by atoms with Crippen molar-refractivity contribution in [3.05, 3.63) is 35.4 Å². The zero-order valence-corrected chi connectivity index (χ0v) is 15.2. The molecule has 3 amide bonds. The van der Waals surface area contributed by atoms with Gasteiger partial charge in [0.15, 0.2) is 0 Å². The van der Waals surface area contributed by atoms with Crippen LogP contribution in [0, 0.1) is 0 Å². The molecule has 1 aliphatic rings. The Labute approximate surface area is 147 Å². The van der Waals surface area contributed by atoms with E-state index in [0.717, 1.165) is 17.7 Å². The third-order valence-electron chi connectivity index (χ3n) is 4.15. The lowest BCUT2D eigenvalue weighted by molar-refractivity contribution is -0.125. The van der Waals surface area contributed by atoms with Gasteiger partial charge in [0.1, 0.15) is 6.04 Å². The zero-order valence-electron chi connectivity index (χ0n) is 14.4. The minimum absolute atomic E-state index is 0.0227. The Morgan fingerprint density at radius 1 is 1.17 bits per heavy atom. The highest BCUT2D eigenvalue weighted by Crippen LogP contribution is 2.26. The number of imide groups is 1. The number of rotatable bonds is 8. The van der Waals surface area contributed by atoms with Crippen LogP contribution < -0.4 is 5.32 Å². The van der Waals surface area contributed by atoms with Gasteiger partial charge in [0.05, 0.1) is 11.1 Å². The number of nitrogens with zero attached hydrogens (tertiary/aromatic N) is 1. The van der Waals surface area contributed by atoms with Gasteiger partial charge >= 0.3 is 0 Å². The summed E-state index contributed by atoms with van der Waals surface area (Å²) in [6.07, 6.45) is 4.22. The molecule has 1 N–H and O–H groups in total. The van der Waals surface area contributed by atoms with E-state index in [1.54, 1.807) is 36.0 Å². The molecule has 1 aromatic carbocycles. The van der Waals surface area contributed by atoms with E-state index in [2.05, 4.69) is 12.2 Å². The maximum Gasteiger partial charge on any atom is 0.262 e. The molecule has 0 unspecified atom stereocenters. The summed E-state index contributed by atoms with van der Waals surface area (Å²) >= 11 is 1.59. The first-order chi connectivity index (χ1) is 11.5. The lowest BCUT2D eigenvalue weighted by atomic mass is 10.1. The van der Waals surface area contributed by atoms with E-state index in [4.69, 9.17) is 0 Å². The fourth-order valence-corrected chi connectivity index (χ4v) is 3.40. The molecule has 1 aromatic rings. The van der Waals surface area contributed by atoms with Gasteiger partial charge in [-0.2, -0.15) is 11.8 Å². The summed E-state index contributed by atoms with van der Waals surface area (Å²) in [6.45, 7) is 3.99. The number of benzene rings is 1. The van der Waals surface area contributed by atoms with Gasteiger partial charge in [-0.1, -0.05) is 25.5 Å². The molecule has 24 heavy (non-hydrogen) atoms. The lowest BCUT2D eigenvalue weighted by Gasteiger charge is -2.26. The highest BCUT2D eigenvalue weighted by atomic mass is 32.2. The van der Waals surface area contributed by atoms with Gasteiger partial charge in [-0.05, 0) is 43.9 Å². The SMILES string of the molecule is CCC[C@H](C)NC(=O)[C@@H](CCSC)N1C(=O)c2ccccc2C1=O. The van der Waals surface area contributed by atoms with Crippen molar-refractivity contribution in [3.8, 4) is 0 Å². The van der Waals surface area contributed by atoms with Crippen molar-refractivity contribution in [2.24, 2.45) is 0 Å². The molecule has 0 spiro atoms. The van der Waals surface area contributed by atoms with Crippen LogP contribution in [0.4, 0.5) is 0 Å². The predicted molar refractivity (Wildman–Crippen MR) is 96.2 cm³/mol. The van der Waals surface area contributed by atoms with Gasteiger partial charge in [0.2, 0.25) is 5.91 Å². The predicted octanol–water partition coefficient (Wildman–Crippen LogP) is 2.71. The summed E-state index contributed by atoms with van der Waals surface area (Å²) < 4.78 is 0. The van der Waals surface area contributed by atoms with Gasteiger partial charge in [-0.25, -0.2) is 0 Å². The zero-order chi connectivity index (χ0) is 17.7. The molecule has 6 heteroatoms. The van der Waals surface area contributed by atoms with E-state index < -0.39 is 6.04 Å². The number of thioether (sulfide) groups is 1. The normalized spacial score (nSPS) is 16.0. The number of hydrogen-bond donors (Lipinski definition) is 1. The molecule has 0 saturated carbocycles. The summed E-state index contributed by atoms with van der Waals surface area (Å²) in [6, 6.07) is 6.00. The van der Waals surface area contributed by atoms with Crippen LogP contribution in [-0.2, 0) is 4.79 Å². The first kappa shape index (κ1) is 18.5. The van der Waals surface area contributed by atoms with E-state index in [9.17, 15) is 14.4 Å². The summed E-state index contributed by atoms with van der Waals surface area (Å²) in [5, 5.41) is 2.94. The number of amides is 3. The lowest BCUT2D eigenvalue weighted by Crippen LogP contribution is -2.51. The molecule has 5 nitrogen and oxygen atoms in total. The average Bonchev–Trinajstić information content (AvgIpc) is 2.81. The summed E-state index contributed by atoms with van der Waals surface area (Å²) in [4.78, 5) is 39.1. The smallest absolute Gasteiger partial charge is 0.262 e. The molecule has 2 atom stereocenters. The molecule has 0 fully saturated rings. The molecular weight excluding hydrogens is 324 g/mol. The van der Waals surface area contributed by atoms with Crippen molar-refractivity contribution in [3.63, 3.8) is 0 Å². The van der Waals surface area contributed by atoms with E-state index >= 15 is 0 Å². The van der Waals surface area contributed by atoms with Crippen LogP contribution in [0.1, 0.15) is 53.8 Å².